The lowest BCUT2D eigenvalue weighted by molar-refractivity contribution is -0.120. The average Bonchev–Trinajstić information content (AvgIpc) is 3.01. The molecule has 1 saturated heterocycles. The SMILES string of the molecule is Cc1nc(-c2ccc(NC(=O)[C@H]3CCCCN3S(C)(=O)=O)cc2)cs1. The normalized spacial score (nSPS) is 18.9. The Balaban J connectivity index is 1.72. The van der Waals surface area contributed by atoms with Gasteiger partial charge in [-0.15, -0.1) is 11.3 Å². The van der Waals surface area contributed by atoms with Crippen molar-refractivity contribution in [3.8, 4) is 11.3 Å². The van der Waals surface area contributed by atoms with E-state index < -0.39 is 16.1 Å². The molecule has 0 aliphatic carbocycles. The van der Waals surface area contributed by atoms with Gasteiger partial charge in [0.15, 0.2) is 0 Å². The quantitative estimate of drug-likeness (QED) is 0.886. The minimum atomic E-state index is -3.39. The van der Waals surface area contributed by atoms with E-state index in [1.165, 1.54) is 4.31 Å². The maximum absolute atomic E-state index is 12.6. The molecule has 1 atom stereocenters. The van der Waals surface area contributed by atoms with E-state index in [4.69, 9.17) is 0 Å². The smallest absolute Gasteiger partial charge is 0.242 e. The van der Waals surface area contributed by atoms with E-state index in [0.29, 0.717) is 18.7 Å². The Labute approximate surface area is 151 Å². The number of carbonyl (C=O) groups is 1. The first-order valence-corrected chi connectivity index (χ1v) is 10.9. The summed E-state index contributed by atoms with van der Waals surface area (Å²) < 4.78 is 25.1. The van der Waals surface area contributed by atoms with Crippen molar-refractivity contribution >= 4 is 33.0 Å². The van der Waals surface area contributed by atoms with Crippen molar-refractivity contribution in [1.82, 2.24) is 9.29 Å². The number of thiazole rings is 1. The molecule has 1 amide bonds. The maximum Gasteiger partial charge on any atom is 0.242 e. The van der Waals surface area contributed by atoms with Crippen molar-refractivity contribution in [2.45, 2.75) is 32.2 Å². The van der Waals surface area contributed by atoms with Crippen LogP contribution in [0.15, 0.2) is 29.6 Å². The van der Waals surface area contributed by atoms with Crippen LogP contribution in [-0.2, 0) is 14.8 Å². The zero-order valence-corrected chi connectivity index (χ0v) is 15.9. The lowest BCUT2D eigenvalue weighted by Gasteiger charge is -2.32. The highest BCUT2D eigenvalue weighted by Gasteiger charge is 2.34. The summed E-state index contributed by atoms with van der Waals surface area (Å²) >= 11 is 1.59. The number of hydrogen-bond acceptors (Lipinski definition) is 5. The molecule has 0 unspecified atom stereocenters. The second kappa shape index (κ2) is 7.23. The van der Waals surface area contributed by atoms with E-state index in [1.54, 1.807) is 11.3 Å². The van der Waals surface area contributed by atoms with Gasteiger partial charge in [0.1, 0.15) is 6.04 Å². The fourth-order valence-electron chi connectivity index (χ4n) is 3.01. The van der Waals surface area contributed by atoms with Crippen molar-refractivity contribution < 1.29 is 13.2 Å². The van der Waals surface area contributed by atoms with Crippen LogP contribution >= 0.6 is 11.3 Å². The molecule has 1 aliphatic heterocycles. The number of piperidine rings is 1. The van der Waals surface area contributed by atoms with Gasteiger partial charge in [-0.3, -0.25) is 4.79 Å². The van der Waals surface area contributed by atoms with E-state index in [-0.39, 0.29) is 5.91 Å². The van der Waals surface area contributed by atoms with Gasteiger partial charge in [0.2, 0.25) is 15.9 Å². The topological polar surface area (TPSA) is 79.4 Å². The number of hydrogen-bond donors (Lipinski definition) is 1. The first kappa shape index (κ1) is 18.0. The standard InChI is InChI=1S/C17H21N3O3S2/c1-12-18-15(11-24-12)13-6-8-14(9-7-13)19-17(21)16-5-3-4-10-20(16)25(2,22)23/h6-9,11,16H,3-5,10H2,1-2H3,(H,19,21)/t16-/m1/s1. The molecule has 1 aromatic heterocycles. The number of nitrogens with zero attached hydrogens (tertiary/aromatic N) is 2. The van der Waals surface area contributed by atoms with Crippen LogP contribution in [0.5, 0.6) is 0 Å². The minimum Gasteiger partial charge on any atom is -0.325 e. The van der Waals surface area contributed by atoms with E-state index in [0.717, 1.165) is 35.4 Å². The summed E-state index contributed by atoms with van der Waals surface area (Å²) in [4.78, 5) is 17.0. The third-order valence-corrected chi connectivity index (χ3v) is 6.31. The predicted octanol–water partition coefficient (Wildman–Crippen LogP) is 2.87. The second-order valence-corrected chi connectivity index (χ2v) is 9.20. The molecule has 1 N–H and O–H groups in total. The molecule has 6 nitrogen and oxygen atoms in total. The number of rotatable bonds is 4. The zero-order valence-electron chi connectivity index (χ0n) is 14.2. The number of aromatic nitrogens is 1. The van der Waals surface area contributed by atoms with Crippen LogP contribution < -0.4 is 5.32 Å². The van der Waals surface area contributed by atoms with Crippen LogP contribution in [0.2, 0.25) is 0 Å². The average molecular weight is 380 g/mol. The van der Waals surface area contributed by atoms with E-state index in [2.05, 4.69) is 10.3 Å². The number of carbonyl (C=O) groups excluding carboxylic acids is 1. The molecular weight excluding hydrogens is 358 g/mol. The monoisotopic (exact) mass is 379 g/mol. The van der Waals surface area contributed by atoms with Crippen molar-refractivity contribution in [2.24, 2.45) is 0 Å². The Hall–Kier alpha value is -1.77. The van der Waals surface area contributed by atoms with E-state index in [9.17, 15) is 13.2 Å². The summed E-state index contributed by atoms with van der Waals surface area (Å²) in [7, 11) is -3.39. The molecule has 134 valence electrons. The van der Waals surface area contributed by atoms with Crippen LogP contribution in [0.4, 0.5) is 5.69 Å². The predicted molar refractivity (Wildman–Crippen MR) is 100 cm³/mol. The maximum atomic E-state index is 12.6. The lowest BCUT2D eigenvalue weighted by Crippen LogP contribution is -2.49. The van der Waals surface area contributed by atoms with Crippen molar-refractivity contribution in [3.05, 3.63) is 34.7 Å². The van der Waals surface area contributed by atoms with Gasteiger partial charge in [-0.25, -0.2) is 13.4 Å². The first-order chi connectivity index (χ1) is 11.8. The van der Waals surface area contributed by atoms with Gasteiger partial charge in [-0.2, -0.15) is 4.31 Å². The van der Waals surface area contributed by atoms with Crippen LogP contribution in [0.1, 0.15) is 24.3 Å². The van der Waals surface area contributed by atoms with Gasteiger partial charge in [0, 0.05) is 23.2 Å². The molecule has 0 radical (unpaired) electrons. The second-order valence-electron chi connectivity index (χ2n) is 6.20. The van der Waals surface area contributed by atoms with Gasteiger partial charge in [-0.05, 0) is 31.9 Å². The number of sulfonamides is 1. The Morgan fingerprint density at radius 3 is 2.60 bits per heavy atom. The first-order valence-electron chi connectivity index (χ1n) is 8.15. The number of benzene rings is 1. The summed E-state index contributed by atoms with van der Waals surface area (Å²) in [5.74, 6) is -0.276. The molecule has 0 saturated carbocycles. The van der Waals surface area contributed by atoms with Gasteiger partial charge in [0.05, 0.1) is 17.0 Å². The van der Waals surface area contributed by atoms with Crippen molar-refractivity contribution in [1.29, 1.82) is 0 Å². The molecule has 1 fully saturated rings. The van der Waals surface area contributed by atoms with Gasteiger partial charge >= 0.3 is 0 Å². The van der Waals surface area contributed by atoms with Crippen LogP contribution in [0.3, 0.4) is 0 Å². The molecule has 2 aromatic rings. The van der Waals surface area contributed by atoms with Crippen LogP contribution in [0.25, 0.3) is 11.3 Å². The Morgan fingerprint density at radius 1 is 1.28 bits per heavy atom. The Bertz CT molecular complexity index is 860. The van der Waals surface area contributed by atoms with Gasteiger partial charge < -0.3 is 5.32 Å². The lowest BCUT2D eigenvalue weighted by atomic mass is 10.0. The van der Waals surface area contributed by atoms with Crippen molar-refractivity contribution in [2.75, 3.05) is 18.1 Å². The third-order valence-electron chi connectivity index (χ3n) is 4.25. The summed E-state index contributed by atoms with van der Waals surface area (Å²) in [5.41, 5.74) is 2.55. The van der Waals surface area contributed by atoms with E-state index >= 15 is 0 Å². The van der Waals surface area contributed by atoms with E-state index in [1.807, 2.05) is 36.6 Å². The number of nitrogens with one attached hydrogen (secondary N) is 1. The highest BCUT2D eigenvalue weighted by molar-refractivity contribution is 7.88. The molecular formula is C17H21N3O3S2. The summed E-state index contributed by atoms with van der Waals surface area (Å²) in [5, 5.41) is 5.83. The number of aryl methyl sites for hydroxylation is 1. The summed E-state index contributed by atoms with van der Waals surface area (Å²) in [6.07, 6.45) is 3.35. The number of amides is 1. The van der Waals surface area contributed by atoms with Gasteiger partial charge in [0.25, 0.3) is 0 Å². The molecule has 25 heavy (non-hydrogen) atoms. The molecule has 1 aliphatic rings. The van der Waals surface area contributed by atoms with Crippen molar-refractivity contribution in [3.63, 3.8) is 0 Å². The Morgan fingerprint density at radius 2 is 2.00 bits per heavy atom. The molecule has 0 spiro atoms. The fraction of sp³-hybridized carbons (Fsp3) is 0.412. The number of anilines is 1. The highest BCUT2D eigenvalue weighted by atomic mass is 32.2. The minimum absolute atomic E-state index is 0.276. The summed E-state index contributed by atoms with van der Waals surface area (Å²) in [6, 6.07) is 6.80. The van der Waals surface area contributed by atoms with Crippen LogP contribution in [0, 0.1) is 6.92 Å². The Kier molecular flexibility index (Phi) is 5.21. The summed E-state index contributed by atoms with van der Waals surface area (Å²) in [6.45, 7) is 2.36. The van der Waals surface area contributed by atoms with Crippen LogP contribution in [-0.4, -0.2) is 42.5 Å². The third kappa shape index (κ3) is 4.26. The largest absolute Gasteiger partial charge is 0.325 e. The van der Waals surface area contributed by atoms with Gasteiger partial charge in [-0.1, -0.05) is 18.6 Å². The molecule has 3 rings (SSSR count). The molecule has 1 aromatic carbocycles. The highest BCUT2D eigenvalue weighted by Crippen LogP contribution is 2.24. The fourth-order valence-corrected chi connectivity index (χ4v) is 4.76. The molecule has 2 heterocycles. The molecule has 8 heteroatoms. The molecule has 0 bridgehead atoms. The zero-order chi connectivity index (χ0) is 18.0.